The first kappa shape index (κ1) is 23.5. The van der Waals surface area contributed by atoms with Crippen molar-refractivity contribution in [1.82, 2.24) is 15.0 Å². The van der Waals surface area contributed by atoms with Crippen LogP contribution < -0.4 is 10.1 Å². The zero-order chi connectivity index (χ0) is 23.6. The smallest absolute Gasteiger partial charge is 0.120 e. The Morgan fingerprint density at radius 1 is 1.00 bits per heavy atom. The van der Waals surface area contributed by atoms with E-state index in [0.29, 0.717) is 6.61 Å². The Hall–Kier alpha value is -3.70. The van der Waals surface area contributed by atoms with E-state index < -0.39 is 0 Å². The van der Waals surface area contributed by atoms with Gasteiger partial charge < -0.3 is 10.1 Å². The number of hydrogen-bond acceptors (Lipinski definition) is 4. The molecule has 0 unspecified atom stereocenters. The molecule has 0 radical (unpaired) electrons. The predicted molar refractivity (Wildman–Crippen MR) is 139 cm³/mol. The molecule has 0 atom stereocenters. The fourth-order valence-electron chi connectivity index (χ4n) is 4.02. The maximum Gasteiger partial charge on any atom is 0.120 e. The highest BCUT2D eigenvalue weighted by Gasteiger charge is 2.13. The van der Waals surface area contributed by atoms with Gasteiger partial charge in [0.2, 0.25) is 0 Å². The standard InChI is InChI=1S/C29H32N4O/c1-3-32-33-23(2)29(20-27(33)15-10-17-30-21-26-14-7-8-18-31-26)25-13-9-16-28(19-25)34-22-24-11-5-4-6-12-24/h3-9,11-14,16,18-20,30H,10,15,17,21-22H2,1-2H3. The zero-order valence-electron chi connectivity index (χ0n) is 19.9. The summed E-state index contributed by atoms with van der Waals surface area (Å²) in [6.07, 6.45) is 5.64. The topological polar surface area (TPSA) is 51.4 Å². The van der Waals surface area contributed by atoms with Crippen molar-refractivity contribution in [3.63, 3.8) is 0 Å². The van der Waals surface area contributed by atoms with Crippen LogP contribution in [0.1, 0.15) is 36.0 Å². The molecule has 0 fully saturated rings. The molecule has 0 aliphatic carbocycles. The van der Waals surface area contributed by atoms with Crippen LogP contribution in [0.15, 0.2) is 90.2 Å². The van der Waals surface area contributed by atoms with Crippen LogP contribution in [-0.4, -0.2) is 22.4 Å². The van der Waals surface area contributed by atoms with Crippen molar-refractivity contribution >= 4 is 6.21 Å². The van der Waals surface area contributed by atoms with Crippen LogP contribution in [0, 0.1) is 6.92 Å². The number of nitrogens with zero attached hydrogens (tertiary/aromatic N) is 3. The molecule has 2 heterocycles. The van der Waals surface area contributed by atoms with E-state index in [1.165, 1.54) is 11.3 Å². The van der Waals surface area contributed by atoms with Gasteiger partial charge in [-0.25, -0.2) is 4.68 Å². The number of aryl methyl sites for hydroxylation is 1. The lowest BCUT2D eigenvalue weighted by atomic mass is 10.1. The van der Waals surface area contributed by atoms with Gasteiger partial charge in [0.15, 0.2) is 0 Å². The molecule has 2 aromatic heterocycles. The third-order valence-electron chi connectivity index (χ3n) is 5.73. The highest BCUT2D eigenvalue weighted by atomic mass is 16.5. The molecule has 174 valence electrons. The van der Waals surface area contributed by atoms with Crippen molar-refractivity contribution in [2.75, 3.05) is 6.54 Å². The summed E-state index contributed by atoms with van der Waals surface area (Å²) < 4.78 is 8.12. The summed E-state index contributed by atoms with van der Waals surface area (Å²) in [7, 11) is 0. The number of rotatable bonds is 11. The van der Waals surface area contributed by atoms with E-state index >= 15 is 0 Å². The Balaban J connectivity index is 1.42. The molecule has 5 heteroatoms. The van der Waals surface area contributed by atoms with Gasteiger partial charge in [0.25, 0.3) is 0 Å². The van der Waals surface area contributed by atoms with Crippen molar-refractivity contribution in [3.05, 3.63) is 108 Å². The van der Waals surface area contributed by atoms with E-state index in [0.717, 1.165) is 54.2 Å². The van der Waals surface area contributed by atoms with Crippen molar-refractivity contribution in [1.29, 1.82) is 0 Å². The minimum atomic E-state index is 0.557. The first-order valence-corrected chi connectivity index (χ1v) is 11.8. The third kappa shape index (κ3) is 6.21. The molecule has 4 rings (SSSR count). The van der Waals surface area contributed by atoms with E-state index in [4.69, 9.17) is 4.74 Å². The Morgan fingerprint density at radius 2 is 1.85 bits per heavy atom. The van der Waals surface area contributed by atoms with Gasteiger partial charge in [-0.3, -0.25) is 4.98 Å². The van der Waals surface area contributed by atoms with Gasteiger partial charge in [-0.1, -0.05) is 48.5 Å². The minimum absolute atomic E-state index is 0.557. The molecule has 0 aliphatic heterocycles. The highest BCUT2D eigenvalue weighted by Crippen LogP contribution is 2.30. The zero-order valence-corrected chi connectivity index (χ0v) is 19.9. The van der Waals surface area contributed by atoms with Gasteiger partial charge in [0.05, 0.1) is 5.69 Å². The molecule has 5 nitrogen and oxygen atoms in total. The molecule has 0 bridgehead atoms. The second-order valence-corrected chi connectivity index (χ2v) is 8.22. The molecule has 0 saturated heterocycles. The van der Waals surface area contributed by atoms with Crippen LogP contribution in [0.4, 0.5) is 0 Å². The summed E-state index contributed by atoms with van der Waals surface area (Å²) in [4.78, 5) is 4.36. The molecule has 0 amide bonds. The minimum Gasteiger partial charge on any atom is -0.489 e. The van der Waals surface area contributed by atoms with Gasteiger partial charge in [0.1, 0.15) is 12.4 Å². The molecule has 0 saturated carbocycles. The van der Waals surface area contributed by atoms with Crippen LogP contribution in [0.3, 0.4) is 0 Å². The van der Waals surface area contributed by atoms with Gasteiger partial charge in [-0.2, -0.15) is 5.10 Å². The Labute approximate surface area is 202 Å². The van der Waals surface area contributed by atoms with Gasteiger partial charge in [-0.15, -0.1) is 0 Å². The number of pyridine rings is 1. The van der Waals surface area contributed by atoms with Crippen LogP contribution in [-0.2, 0) is 19.6 Å². The monoisotopic (exact) mass is 452 g/mol. The van der Waals surface area contributed by atoms with E-state index in [2.05, 4.69) is 63.4 Å². The van der Waals surface area contributed by atoms with Gasteiger partial charge in [-0.05, 0) is 74.7 Å². The van der Waals surface area contributed by atoms with Crippen molar-refractivity contribution in [2.45, 2.75) is 39.8 Å². The number of hydrogen-bond donors (Lipinski definition) is 1. The van der Waals surface area contributed by atoms with E-state index in [-0.39, 0.29) is 0 Å². The van der Waals surface area contributed by atoms with E-state index in [1.54, 1.807) is 0 Å². The molecule has 1 N–H and O–H groups in total. The van der Waals surface area contributed by atoms with Crippen molar-refractivity contribution in [2.24, 2.45) is 5.10 Å². The Kier molecular flexibility index (Phi) is 8.25. The summed E-state index contributed by atoms with van der Waals surface area (Å²) in [5.41, 5.74) is 6.89. The first-order valence-electron chi connectivity index (χ1n) is 11.8. The number of aromatic nitrogens is 2. The SMILES string of the molecule is CC=Nn1c(CCCNCc2ccccn2)cc(-c2cccc(OCc3ccccc3)c2)c1C. The Morgan fingerprint density at radius 3 is 2.65 bits per heavy atom. The second-order valence-electron chi connectivity index (χ2n) is 8.22. The predicted octanol–water partition coefficient (Wildman–Crippen LogP) is 6.01. The largest absolute Gasteiger partial charge is 0.489 e. The molecular formula is C29H32N4O. The molecule has 0 aliphatic rings. The molecule has 2 aromatic carbocycles. The lowest BCUT2D eigenvalue weighted by molar-refractivity contribution is 0.306. The average Bonchev–Trinajstić information content (AvgIpc) is 3.19. The summed E-state index contributed by atoms with van der Waals surface area (Å²) in [6.45, 7) is 6.35. The maximum atomic E-state index is 6.06. The average molecular weight is 453 g/mol. The van der Waals surface area contributed by atoms with E-state index in [9.17, 15) is 0 Å². The van der Waals surface area contributed by atoms with Crippen LogP contribution in [0.5, 0.6) is 5.75 Å². The molecule has 34 heavy (non-hydrogen) atoms. The van der Waals surface area contributed by atoms with Gasteiger partial charge >= 0.3 is 0 Å². The lowest BCUT2D eigenvalue weighted by Crippen LogP contribution is -2.16. The number of benzene rings is 2. The number of nitrogens with one attached hydrogen (secondary N) is 1. The summed E-state index contributed by atoms with van der Waals surface area (Å²) in [5.74, 6) is 0.868. The van der Waals surface area contributed by atoms with Crippen LogP contribution >= 0.6 is 0 Å². The van der Waals surface area contributed by atoms with Crippen molar-refractivity contribution in [3.8, 4) is 16.9 Å². The van der Waals surface area contributed by atoms with Crippen LogP contribution in [0.25, 0.3) is 11.1 Å². The van der Waals surface area contributed by atoms with Gasteiger partial charge in [0, 0.05) is 35.9 Å². The van der Waals surface area contributed by atoms with Crippen molar-refractivity contribution < 1.29 is 4.74 Å². The molecule has 4 aromatic rings. The maximum absolute atomic E-state index is 6.06. The first-order chi connectivity index (χ1) is 16.7. The molecular weight excluding hydrogens is 420 g/mol. The Bertz CT molecular complexity index is 1200. The quantitative estimate of drug-likeness (QED) is 0.224. The summed E-state index contributed by atoms with van der Waals surface area (Å²) in [6, 6.07) is 26.8. The normalized spacial score (nSPS) is 11.2. The lowest BCUT2D eigenvalue weighted by Gasteiger charge is -2.09. The second kappa shape index (κ2) is 12.0. The van der Waals surface area contributed by atoms with Crippen LogP contribution in [0.2, 0.25) is 0 Å². The summed E-state index contributed by atoms with van der Waals surface area (Å²) in [5, 5.41) is 8.11. The fourth-order valence-corrected chi connectivity index (χ4v) is 4.02. The summed E-state index contributed by atoms with van der Waals surface area (Å²) >= 11 is 0. The fraction of sp³-hybridized carbons (Fsp3) is 0.241. The molecule has 0 spiro atoms. The van der Waals surface area contributed by atoms with E-state index in [1.807, 2.05) is 61.8 Å². The number of ether oxygens (including phenoxy) is 1. The highest BCUT2D eigenvalue weighted by molar-refractivity contribution is 5.69. The third-order valence-corrected chi connectivity index (χ3v) is 5.73.